The van der Waals surface area contributed by atoms with Gasteiger partial charge in [0.2, 0.25) is 0 Å². The third-order valence-corrected chi connectivity index (χ3v) is 17.1. The first-order valence-electron chi connectivity index (χ1n) is 34.6. The van der Waals surface area contributed by atoms with Crippen molar-refractivity contribution in [2.75, 3.05) is 28.2 Å². The first-order valence-corrected chi connectivity index (χ1v) is 37.0. The van der Waals surface area contributed by atoms with Crippen molar-refractivity contribution in [1.82, 2.24) is 0 Å². The molecule has 97 heavy (non-hydrogen) atoms. The average molecular weight is 1400 g/mol. The minimum absolute atomic E-state index is 0. The Bertz CT molecular complexity index is 3710. The first-order chi connectivity index (χ1) is 45.6. The molecule has 0 saturated heterocycles. The van der Waals surface area contributed by atoms with Crippen LogP contribution in [0.4, 0.5) is 0 Å². The molecule has 0 N–H and O–H groups in total. The number of aryl methyl sites for hydroxylation is 4. The molecule has 0 fully saturated rings. The number of hydrogen-bond donors (Lipinski definition) is 0. The van der Waals surface area contributed by atoms with Gasteiger partial charge < -0.3 is 18.1 Å². The predicted octanol–water partition coefficient (Wildman–Crippen LogP) is 26.7. The molecule has 0 saturated carbocycles. The van der Waals surface area contributed by atoms with Crippen molar-refractivity contribution in [3.63, 3.8) is 0 Å². The molecule has 0 unspecified atom stereocenters. The number of nitrogens with zero attached hydrogens (tertiary/aromatic N) is 2. The molecule has 0 aliphatic heterocycles. The zero-order chi connectivity index (χ0) is 71.0. The van der Waals surface area contributed by atoms with Gasteiger partial charge in [-0.3, -0.25) is 0 Å². The van der Waals surface area contributed by atoms with E-state index >= 15 is 0 Å². The van der Waals surface area contributed by atoms with Crippen LogP contribution in [0.1, 0.15) is 169 Å². The van der Waals surface area contributed by atoms with E-state index in [1.807, 2.05) is 38.1 Å². The zero-order valence-electron chi connectivity index (χ0n) is 63.7. The van der Waals surface area contributed by atoms with Crippen LogP contribution in [0.2, 0.25) is 0 Å². The first kappa shape index (κ1) is 82.9. The Labute approximate surface area is 615 Å². The zero-order valence-corrected chi connectivity index (χ0v) is 67.7. The fourth-order valence-corrected chi connectivity index (χ4v) is 11.6. The summed E-state index contributed by atoms with van der Waals surface area (Å²) in [5.74, 6) is 0. The van der Waals surface area contributed by atoms with Crippen LogP contribution in [0.5, 0.6) is 0 Å². The molecule has 2 nitrogen and oxygen atoms in total. The minimum atomic E-state index is 0. The normalized spacial score (nSPS) is 11.0. The molecule has 0 aliphatic carbocycles. The van der Waals surface area contributed by atoms with Crippen molar-refractivity contribution in [2.24, 2.45) is 0 Å². The third kappa shape index (κ3) is 23.8. The van der Waals surface area contributed by atoms with Gasteiger partial charge in [-0.1, -0.05) is 254 Å². The van der Waals surface area contributed by atoms with Crippen LogP contribution in [0, 0.1) is 7.43 Å². The summed E-state index contributed by atoms with van der Waals surface area (Å²) >= 11 is 3.51. The molecule has 12 aromatic rings. The smallest absolute Gasteiger partial charge is 0.162 e. The standard InChI is InChI=1S/4C21H23.2C2H6N.2C2H4.CH3.Ti.Zr/c4*1-5-15-13-17-7-6-8-19(20(17)14-15)16-9-11-18(12-10-16)21(2,3)4;2*1-3-2;2*1-2;;;/h4*6-14H,5H2,1-4H3;2*1-2H3;2*1H,2H3;1H3;;/q6*-1;;;-1;;. The van der Waals surface area contributed by atoms with Crippen LogP contribution in [0.3, 0.4) is 0 Å². The monoisotopic (exact) mass is 1400 g/mol. The molecule has 512 valence electrons. The number of fused-ring (bicyclic) bond motifs is 4. The molecular weight excluding hydrogens is 1280 g/mol. The van der Waals surface area contributed by atoms with Gasteiger partial charge in [0.1, 0.15) is 0 Å². The average Bonchev–Trinajstić information content (AvgIpc) is 1.71. The van der Waals surface area contributed by atoms with Gasteiger partial charge >= 0.3 is 66.1 Å². The van der Waals surface area contributed by atoms with Gasteiger partial charge in [0, 0.05) is 0 Å². The molecule has 0 spiro atoms. The Morgan fingerprint density at radius 2 is 0.485 bits per heavy atom. The number of hydrogen-bond acceptors (Lipinski definition) is 0. The fraction of sp³-hybridized carbons (Fsp3) is 0.323. The van der Waals surface area contributed by atoms with E-state index in [1.54, 1.807) is 28.2 Å². The molecule has 0 radical (unpaired) electrons. The SMILES string of the molecule is CCc1cc2c(-c3ccc(C(C)(C)C)cc3)cccc2[cH-]1.CCc1cc2c(-c3ccc(C(C)(C)C)cc3)cccc2[cH-]1.CCc1cc2c(-c3ccc(C(C)(C)C)cc3)cccc2[cH-]1.CCc1cc2c(-c3ccc(C(C)(C)C)cc3)cccc2[cH-]1.C[CH]=[Ti].C[CH]=[Zr].C[N-]C.C[N-]C.[CH3-]. The van der Waals surface area contributed by atoms with E-state index in [9.17, 15) is 0 Å². The minimum Gasteiger partial charge on any atom is -0.668 e. The van der Waals surface area contributed by atoms with E-state index in [1.165, 1.54) is 156 Å². The van der Waals surface area contributed by atoms with Gasteiger partial charge in [0.15, 0.2) is 0 Å². The van der Waals surface area contributed by atoms with E-state index in [-0.39, 0.29) is 29.1 Å². The van der Waals surface area contributed by atoms with E-state index in [0.29, 0.717) is 0 Å². The van der Waals surface area contributed by atoms with E-state index in [2.05, 4.69) is 344 Å². The summed E-state index contributed by atoms with van der Waals surface area (Å²) in [4.78, 5) is 0. The van der Waals surface area contributed by atoms with Crippen molar-refractivity contribution in [3.05, 3.63) is 281 Å². The summed E-state index contributed by atoms with van der Waals surface area (Å²) < 4.78 is 4.09. The van der Waals surface area contributed by atoms with Gasteiger partial charge in [-0.05, 0) is 91.9 Å². The van der Waals surface area contributed by atoms with Gasteiger partial charge in [0.25, 0.3) is 0 Å². The largest absolute Gasteiger partial charge is 0.668 e. The fourth-order valence-electron chi connectivity index (χ4n) is 11.6. The van der Waals surface area contributed by atoms with Crippen molar-refractivity contribution in [3.8, 4) is 44.5 Å². The summed E-state index contributed by atoms with van der Waals surface area (Å²) in [6.07, 6.45) is 4.38. The quantitative estimate of drug-likeness (QED) is 0.107. The molecule has 0 heterocycles. The Morgan fingerprint density at radius 3 is 0.619 bits per heavy atom. The second-order valence-corrected chi connectivity index (χ2v) is 31.2. The molecule has 0 aromatic heterocycles. The Hall–Kier alpha value is -6.54. The van der Waals surface area contributed by atoms with Crippen LogP contribution in [0.15, 0.2) is 218 Å². The van der Waals surface area contributed by atoms with Crippen LogP contribution in [0.25, 0.3) is 98.2 Å². The van der Waals surface area contributed by atoms with Crippen LogP contribution >= 0.6 is 0 Å². The van der Waals surface area contributed by atoms with Gasteiger partial charge in [-0.2, -0.15) is 52.5 Å². The summed E-state index contributed by atoms with van der Waals surface area (Å²) in [5, 5.41) is 17.9. The molecular formula is C93H115N2TiZr-7. The summed E-state index contributed by atoms with van der Waals surface area (Å²) in [6, 6.07) is 81.1. The summed E-state index contributed by atoms with van der Waals surface area (Å²) in [7, 11) is 7.00. The molecule has 0 bridgehead atoms. The molecule has 12 aromatic carbocycles. The molecule has 0 atom stereocenters. The van der Waals surface area contributed by atoms with Crippen LogP contribution < -0.4 is 0 Å². The predicted molar refractivity (Wildman–Crippen MR) is 433 cm³/mol. The van der Waals surface area contributed by atoms with Crippen molar-refractivity contribution in [1.29, 1.82) is 0 Å². The topological polar surface area (TPSA) is 28.2 Å². The Morgan fingerprint density at radius 1 is 0.330 bits per heavy atom. The van der Waals surface area contributed by atoms with E-state index in [4.69, 9.17) is 0 Å². The second-order valence-electron chi connectivity index (χ2n) is 28.9. The molecule has 0 amide bonds. The summed E-state index contributed by atoms with van der Waals surface area (Å²) in [5.41, 5.74) is 22.6. The Kier molecular flexibility index (Phi) is 33.6. The van der Waals surface area contributed by atoms with Crippen molar-refractivity contribution >= 4 is 51.1 Å². The van der Waals surface area contributed by atoms with Crippen molar-refractivity contribution < 1.29 is 44.2 Å². The molecule has 4 heteroatoms. The van der Waals surface area contributed by atoms with E-state index < -0.39 is 0 Å². The Balaban J connectivity index is 0.000000259. The van der Waals surface area contributed by atoms with Gasteiger partial charge in [-0.15, -0.1) is 138 Å². The molecule has 0 aliphatic rings. The maximum Gasteiger partial charge on any atom is -0.162 e. The second kappa shape index (κ2) is 39.3. The maximum absolute atomic E-state index is 3.50. The van der Waals surface area contributed by atoms with Crippen molar-refractivity contribution in [2.45, 2.75) is 172 Å². The number of benzene rings is 8. The maximum atomic E-state index is 3.50. The van der Waals surface area contributed by atoms with Crippen LogP contribution in [-0.4, -0.2) is 36.2 Å². The molecule has 12 rings (SSSR count). The van der Waals surface area contributed by atoms with E-state index in [0.717, 1.165) is 25.7 Å². The van der Waals surface area contributed by atoms with Crippen LogP contribution in [-0.2, 0) is 91.6 Å². The summed E-state index contributed by atoms with van der Waals surface area (Å²) in [6.45, 7) is 40.0. The third-order valence-electron chi connectivity index (χ3n) is 17.1. The van der Waals surface area contributed by atoms with Gasteiger partial charge in [-0.25, -0.2) is 0 Å². The number of rotatable bonds is 8. The van der Waals surface area contributed by atoms with Gasteiger partial charge in [0.05, 0.1) is 0 Å².